The van der Waals surface area contributed by atoms with E-state index in [-0.39, 0.29) is 23.9 Å². The van der Waals surface area contributed by atoms with Crippen LogP contribution >= 0.6 is 0 Å². The lowest BCUT2D eigenvalue weighted by atomic mass is 10.2. The van der Waals surface area contributed by atoms with Crippen LogP contribution < -0.4 is 10.7 Å². The maximum Gasteiger partial charge on any atom is 0.272 e. The third-order valence-corrected chi connectivity index (χ3v) is 2.58. The van der Waals surface area contributed by atoms with Gasteiger partial charge in [0.25, 0.3) is 5.91 Å². The molecule has 3 N–H and O–H groups in total. The number of nitrogens with one attached hydrogen (secondary N) is 3. The standard InChI is InChI=1S/C11H9N5O2/c17-10-4-9(15-16-10)11(18)14-6-1-2-7-8(3-6)13-5-12-7/h1-3,5H,4H2,(H,12,13)(H,14,18)(H,16,17). The molecule has 0 fully saturated rings. The monoisotopic (exact) mass is 243 g/mol. The van der Waals surface area contributed by atoms with Gasteiger partial charge in [-0.1, -0.05) is 0 Å². The summed E-state index contributed by atoms with van der Waals surface area (Å²) in [6.07, 6.45) is 1.60. The molecular formula is C11H9N5O2. The fourth-order valence-corrected chi connectivity index (χ4v) is 1.71. The number of benzene rings is 1. The number of carbonyl (C=O) groups excluding carboxylic acids is 2. The molecule has 2 heterocycles. The van der Waals surface area contributed by atoms with Gasteiger partial charge in [-0.2, -0.15) is 5.10 Å². The maximum absolute atomic E-state index is 11.8. The number of aromatic nitrogens is 2. The molecule has 1 aromatic carbocycles. The van der Waals surface area contributed by atoms with Crippen molar-refractivity contribution in [1.82, 2.24) is 15.4 Å². The first-order valence-electron chi connectivity index (χ1n) is 5.32. The Hall–Kier alpha value is -2.70. The lowest BCUT2D eigenvalue weighted by molar-refractivity contribution is -0.119. The van der Waals surface area contributed by atoms with Gasteiger partial charge in [0.1, 0.15) is 5.71 Å². The van der Waals surface area contributed by atoms with Gasteiger partial charge in [0.05, 0.1) is 23.8 Å². The van der Waals surface area contributed by atoms with Crippen LogP contribution in [0.1, 0.15) is 6.42 Å². The van der Waals surface area contributed by atoms with Gasteiger partial charge in [0.15, 0.2) is 0 Å². The van der Waals surface area contributed by atoms with E-state index in [1.165, 1.54) is 0 Å². The lowest BCUT2D eigenvalue weighted by Gasteiger charge is -2.03. The molecule has 7 heteroatoms. The maximum atomic E-state index is 11.8. The Morgan fingerprint density at radius 2 is 2.28 bits per heavy atom. The van der Waals surface area contributed by atoms with Gasteiger partial charge >= 0.3 is 0 Å². The van der Waals surface area contributed by atoms with Crippen molar-refractivity contribution in [2.45, 2.75) is 6.42 Å². The molecule has 0 spiro atoms. The number of anilines is 1. The zero-order valence-electron chi connectivity index (χ0n) is 9.23. The number of hydrogen-bond acceptors (Lipinski definition) is 4. The SMILES string of the molecule is O=C1CC(C(=O)Nc2ccc3nc[nH]c3c2)=NN1. The summed E-state index contributed by atoms with van der Waals surface area (Å²) in [4.78, 5) is 29.7. The van der Waals surface area contributed by atoms with Crippen LogP contribution in [0.2, 0.25) is 0 Å². The molecule has 3 rings (SSSR count). The van der Waals surface area contributed by atoms with Gasteiger partial charge in [-0.15, -0.1) is 0 Å². The minimum atomic E-state index is -0.382. The Bertz CT molecular complexity index is 673. The molecule has 0 radical (unpaired) electrons. The van der Waals surface area contributed by atoms with Crippen molar-refractivity contribution in [3.05, 3.63) is 24.5 Å². The minimum Gasteiger partial charge on any atom is -0.345 e. The smallest absolute Gasteiger partial charge is 0.272 e. The highest BCUT2D eigenvalue weighted by Crippen LogP contribution is 2.15. The predicted molar refractivity (Wildman–Crippen MR) is 64.9 cm³/mol. The highest BCUT2D eigenvalue weighted by molar-refractivity contribution is 6.46. The van der Waals surface area contributed by atoms with Crippen LogP contribution in [-0.2, 0) is 9.59 Å². The molecule has 0 saturated carbocycles. The summed E-state index contributed by atoms with van der Waals surface area (Å²) in [6.45, 7) is 0. The van der Waals surface area contributed by atoms with E-state index in [0.717, 1.165) is 11.0 Å². The Kier molecular flexibility index (Phi) is 2.30. The van der Waals surface area contributed by atoms with Gasteiger partial charge in [0, 0.05) is 5.69 Å². The summed E-state index contributed by atoms with van der Waals surface area (Å²) in [5, 5.41) is 6.33. The quantitative estimate of drug-likeness (QED) is 0.710. The zero-order valence-corrected chi connectivity index (χ0v) is 9.23. The predicted octanol–water partition coefficient (Wildman–Crippen LogP) is 0.377. The molecule has 0 atom stereocenters. The largest absolute Gasteiger partial charge is 0.345 e. The molecule has 1 aliphatic heterocycles. The van der Waals surface area contributed by atoms with Crippen molar-refractivity contribution >= 4 is 34.2 Å². The Morgan fingerprint density at radius 1 is 1.39 bits per heavy atom. The normalized spacial score (nSPS) is 14.4. The van der Waals surface area contributed by atoms with Gasteiger partial charge in [0.2, 0.25) is 5.91 Å². The number of hydrazone groups is 1. The zero-order chi connectivity index (χ0) is 12.5. The highest BCUT2D eigenvalue weighted by Gasteiger charge is 2.21. The molecule has 2 aromatic rings. The molecule has 90 valence electrons. The number of aromatic amines is 1. The van der Waals surface area contributed by atoms with Crippen molar-refractivity contribution in [3.8, 4) is 0 Å². The highest BCUT2D eigenvalue weighted by atomic mass is 16.2. The van der Waals surface area contributed by atoms with Crippen LogP contribution in [0.25, 0.3) is 11.0 Å². The first-order chi connectivity index (χ1) is 8.72. The molecule has 1 aliphatic rings. The molecule has 7 nitrogen and oxygen atoms in total. The summed E-state index contributed by atoms with van der Waals surface area (Å²) in [5.74, 6) is -0.656. The number of nitrogens with zero attached hydrogens (tertiary/aromatic N) is 2. The van der Waals surface area contributed by atoms with Crippen LogP contribution in [0.4, 0.5) is 5.69 Å². The number of amides is 2. The first-order valence-corrected chi connectivity index (χ1v) is 5.32. The number of carbonyl (C=O) groups is 2. The molecule has 0 aliphatic carbocycles. The van der Waals surface area contributed by atoms with E-state index < -0.39 is 0 Å². The third-order valence-electron chi connectivity index (χ3n) is 2.58. The van der Waals surface area contributed by atoms with Gasteiger partial charge in [-0.3, -0.25) is 9.59 Å². The number of imidazole rings is 1. The fraction of sp³-hybridized carbons (Fsp3) is 0.0909. The van der Waals surface area contributed by atoms with Gasteiger partial charge < -0.3 is 10.3 Å². The van der Waals surface area contributed by atoms with Crippen molar-refractivity contribution in [2.24, 2.45) is 5.10 Å². The van der Waals surface area contributed by atoms with Crippen LogP contribution in [0, 0.1) is 0 Å². The molecule has 0 unspecified atom stereocenters. The van der Waals surface area contributed by atoms with E-state index in [4.69, 9.17) is 0 Å². The van der Waals surface area contributed by atoms with Gasteiger partial charge in [-0.25, -0.2) is 10.4 Å². The molecule has 1 aromatic heterocycles. The van der Waals surface area contributed by atoms with E-state index >= 15 is 0 Å². The average molecular weight is 243 g/mol. The second-order valence-electron chi connectivity index (χ2n) is 3.86. The van der Waals surface area contributed by atoms with Crippen LogP contribution in [0.3, 0.4) is 0 Å². The molecule has 18 heavy (non-hydrogen) atoms. The number of rotatable bonds is 2. The Morgan fingerprint density at radius 3 is 3.06 bits per heavy atom. The summed E-state index contributed by atoms with van der Waals surface area (Å²) >= 11 is 0. The van der Waals surface area contributed by atoms with Gasteiger partial charge in [-0.05, 0) is 18.2 Å². The third kappa shape index (κ3) is 1.81. The van der Waals surface area contributed by atoms with Crippen LogP contribution in [0.15, 0.2) is 29.6 Å². The summed E-state index contributed by atoms with van der Waals surface area (Å²) in [6, 6.07) is 5.30. The van der Waals surface area contributed by atoms with Crippen molar-refractivity contribution in [3.63, 3.8) is 0 Å². The van der Waals surface area contributed by atoms with Crippen molar-refractivity contribution in [2.75, 3.05) is 5.32 Å². The van der Waals surface area contributed by atoms with Crippen LogP contribution in [-0.4, -0.2) is 27.5 Å². The summed E-state index contributed by atoms with van der Waals surface area (Å²) < 4.78 is 0. The second-order valence-corrected chi connectivity index (χ2v) is 3.86. The second kappa shape index (κ2) is 3.95. The number of fused-ring (bicyclic) bond motifs is 1. The molecular weight excluding hydrogens is 234 g/mol. The summed E-state index contributed by atoms with van der Waals surface area (Å²) in [7, 11) is 0. The van der Waals surface area contributed by atoms with E-state index in [2.05, 4.69) is 25.8 Å². The Labute approximate surface area is 101 Å². The fourth-order valence-electron chi connectivity index (χ4n) is 1.71. The first kappa shape index (κ1) is 10.5. The van der Waals surface area contributed by atoms with E-state index in [1.807, 2.05) is 0 Å². The molecule has 2 amide bonds. The number of H-pyrrole nitrogens is 1. The van der Waals surface area contributed by atoms with E-state index in [0.29, 0.717) is 5.69 Å². The minimum absolute atomic E-state index is 0.0120. The summed E-state index contributed by atoms with van der Waals surface area (Å²) in [5.41, 5.74) is 4.69. The number of hydrogen-bond donors (Lipinski definition) is 3. The van der Waals surface area contributed by atoms with E-state index in [9.17, 15) is 9.59 Å². The molecule has 0 bridgehead atoms. The van der Waals surface area contributed by atoms with Crippen molar-refractivity contribution < 1.29 is 9.59 Å². The van der Waals surface area contributed by atoms with Crippen molar-refractivity contribution in [1.29, 1.82) is 0 Å². The molecule has 0 saturated heterocycles. The topological polar surface area (TPSA) is 99.2 Å². The van der Waals surface area contributed by atoms with Crippen LogP contribution in [0.5, 0.6) is 0 Å². The van der Waals surface area contributed by atoms with E-state index in [1.54, 1.807) is 24.5 Å². The Balaban J connectivity index is 1.79. The lowest BCUT2D eigenvalue weighted by Crippen LogP contribution is -2.22. The average Bonchev–Trinajstić information content (AvgIpc) is 2.96.